The van der Waals surface area contributed by atoms with Crippen molar-refractivity contribution in [1.29, 1.82) is 0 Å². The van der Waals surface area contributed by atoms with E-state index >= 15 is 0 Å². The zero-order valence-corrected chi connectivity index (χ0v) is 14.6. The van der Waals surface area contributed by atoms with Gasteiger partial charge in [0.25, 0.3) is 0 Å². The highest BCUT2D eigenvalue weighted by molar-refractivity contribution is 6.30. The summed E-state index contributed by atoms with van der Waals surface area (Å²) in [7, 11) is 0. The Morgan fingerprint density at radius 3 is 2.67 bits per heavy atom. The van der Waals surface area contributed by atoms with Crippen LogP contribution < -0.4 is 4.90 Å². The molecule has 6 heteroatoms. The van der Waals surface area contributed by atoms with Gasteiger partial charge in [-0.2, -0.15) is 5.10 Å². The van der Waals surface area contributed by atoms with Crippen LogP contribution in [-0.4, -0.2) is 32.8 Å². The van der Waals surface area contributed by atoms with Crippen LogP contribution in [0.4, 0.5) is 5.82 Å². The van der Waals surface area contributed by atoms with Crippen molar-refractivity contribution in [3.8, 4) is 5.69 Å². The third kappa shape index (κ3) is 2.73. The van der Waals surface area contributed by atoms with E-state index in [-0.39, 0.29) is 0 Å². The molecule has 24 heavy (non-hydrogen) atoms. The molecule has 0 N–H and O–H groups in total. The summed E-state index contributed by atoms with van der Waals surface area (Å²) in [5.74, 6) is 2.31. The Morgan fingerprint density at radius 1 is 1.12 bits per heavy atom. The van der Waals surface area contributed by atoms with E-state index in [1.54, 1.807) is 6.33 Å². The molecule has 0 spiro atoms. The Kier molecular flexibility index (Phi) is 3.88. The van der Waals surface area contributed by atoms with Gasteiger partial charge in [-0.3, -0.25) is 0 Å². The molecule has 3 heterocycles. The highest BCUT2D eigenvalue weighted by atomic mass is 35.5. The van der Waals surface area contributed by atoms with Gasteiger partial charge in [-0.25, -0.2) is 14.6 Å². The van der Waals surface area contributed by atoms with Crippen LogP contribution in [0, 0.1) is 11.8 Å². The van der Waals surface area contributed by atoms with Crippen molar-refractivity contribution in [2.45, 2.75) is 20.3 Å². The number of fused-ring (bicyclic) bond motifs is 1. The van der Waals surface area contributed by atoms with Crippen molar-refractivity contribution < 1.29 is 0 Å². The molecule has 0 saturated carbocycles. The molecule has 0 radical (unpaired) electrons. The summed E-state index contributed by atoms with van der Waals surface area (Å²) < 4.78 is 1.82. The van der Waals surface area contributed by atoms with Gasteiger partial charge in [0, 0.05) is 18.1 Å². The zero-order chi connectivity index (χ0) is 16.7. The maximum atomic E-state index is 6.12. The van der Waals surface area contributed by atoms with Crippen LogP contribution in [0.25, 0.3) is 16.7 Å². The summed E-state index contributed by atoms with van der Waals surface area (Å²) in [6, 6.07) is 7.64. The van der Waals surface area contributed by atoms with E-state index in [2.05, 4.69) is 33.8 Å². The molecule has 5 nitrogen and oxygen atoms in total. The molecular formula is C18H20ClN5. The van der Waals surface area contributed by atoms with Crippen molar-refractivity contribution >= 4 is 28.5 Å². The fourth-order valence-electron chi connectivity index (χ4n) is 3.72. The number of nitrogens with zero attached hydrogens (tertiary/aromatic N) is 5. The largest absolute Gasteiger partial charge is 0.355 e. The third-order valence-corrected chi connectivity index (χ3v) is 4.80. The van der Waals surface area contributed by atoms with Crippen LogP contribution in [-0.2, 0) is 0 Å². The van der Waals surface area contributed by atoms with Crippen molar-refractivity contribution in [3.63, 3.8) is 0 Å². The Bertz CT molecular complexity index is 865. The van der Waals surface area contributed by atoms with Crippen LogP contribution in [0.1, 0.15) is 20.3 Å². The molecule has 2 atom stereocenters. The first kappa shape index (κ1) is 15.4. The second-order valence-electron chi connectivity index (χ2n) is 6.82. The predicted octanol–water partition coefficient (Wildman–Crippen LogP) is 3.95. The van der Waals surface area contributed by atoms with Crippen LogP contribution in [0.15, 0.2) is 36.8 Å². The van der Waals surface area contributed by atoms with Crippen molar-refractivity contribution in [2.24, 2.45) is 11.8 Å². The molecule has 1 fully saturated rings. The van der Waals surface area contributed by atoms with Gasteiger partial charge in [-0.1, -0.05) is 31.5 Å². The van der Waals surface area contributed by atoms with Gasteiger partial charge in [-0.15, -0.1) is 0 Å². The Hall–Kier alpha value is -2.14. The third-order valence-electron chi connectivity index (χ3n) is 4.57. The molecule has 2 aromatic heterocycles. The van der Waals surface area contributed by atoms with Gasteiger partial charge >= 0.3 is 0 Å². The summed E-state index contributed by atoms with van der Waals surface area (Å²) in [5.41, 5.74) is 1.72. The van der Waals surface area contributed by atoms with Crippen molar-refractivity contribution in [2.75, 3.05) is 18.0 Å². The molecule has 124 valence electrons. The number of rotatable bonds is 2. The maximum absolute atomic E-state index is 6.12. The van der Waals surface area contributed by atoms with Gasteiger partial charge in [-0.05, 0) is 36.5 Å². The minimum absolute atomic E-state index is 0.668. The lowest BCUT2D eigenvalue weighted by Gasteiger charge is -2.35. The number of halogens is 1. The van der Waals surface area contributed by atoms with Crippen LogP contribution in [0.3, 0.4) is 0 Å². The lowest BCUT2D eigenvalue weighted by atomic mass is 9.92. The summed E-state index contributed by atoms with van der Waals surface area (Å²) in [6.07, 6.45) is 4.76. The zero-order valence-electron chi connectivity index (χ0n) is 13.9. The number of hydrogen-bond acceptors (Lipinski definition) is 4. The average Bonchev–Trinajstić information content (AvgIpc) is 2.98. The van der Waals surface area contributed by atoms with Gasteiger partial charge in [0.2, 0.25) is 0 Å². The van der Waals surface area contributed by atoms with Crippen molar-refractivity contribution in [3.05, 3.63) is 41.8 Å². The summed E-state index contributed by atoms with van der Waals surface area (Å²) in [4.78, 5) is 11.4. The van der Waals surface area contributed by atoms with E-state index in [1.807, 2.05) is 35.1 Å². The second kappa shape index (κ2) is 6.06. The first-order valence-electron chi connectivity index (χ1n) is 8.31. The molecule has 1 aromatic carbocycles. The average molecular weight is 342 g/mol. The molecule has 3 aromatic rings. The monoisotopic (exact) mass is 341 g/mol. The molecule has 1 aliphatic rings. The topological polar surface area (TPSA) is 46.8 Å². The summed E-state index contributed by atoms with van der Waals surface area (Å²) in [6.45, 7) is 6.66. The van der Waals surface area contributed by atoms with Crippen molar-refractivity contribution in [1.82, 2.24) is 19.7 Å². The fourth-order valence-corrected chi connectivity index (χ4v) is 3.90. The van der Waals surface area contributed by atoms with E-state index in [4.69, 9.17) is 11.6 Å². The van der Waals surface area contributed by atoms with E-state index in [0.29, 0.717) is 16.9 Å². The number of hydrogen-bond donors (Lipinski definition) is 0. The lowest BCUT2D eigenvalue weighted by molar-refractivity contribution is 0.356. The molecule has 1 aliphatic heterocycles. The Labute approximate surface area is 146 Å². The van der Waals surface area contributed by atoms with E-state index in [1.165, 1.54) is 6.42 Å². The van der Waals surface area contributed by atoms with Gasteiger partial charge < -0.3 is 4.90 Å². The van der Waals surface area contributed by atoms with E-state index < -0.39 is 0 Å². The minimum atomic E-state index is 0.668. The van der Waals surface area contributed by atoms with Crippen LogP contribution in [0.2, 0.25) is 5.02 Å². The summed E-state index contributed by atoms with van der Waals surface area (Å²) in [5, 5.41) is 6.20. The number of benzene rings is 1. The second-order valence-corrected chi connectivity index (χ2v) is 7.26. The first-order valence-corrected chi connectivity index (χ1v) is 8.69. The molecule has 1 saturated heterocycles. The molecule has 0 aliphatic carbocycles. The molecular weight excluding hydrogens is 322 g/mol. The van der Waals surface area contributed by atoms with E-state index in [9.17, 15) is 0 Å². The quantitative estimate of drug-likeness (QED) is 0.708. The predicted molar refractivity (Wildman–Crippen MR) is 96.8 cm³/mol. The van der Waals surface area contributed by atoms with E-state index in [0.717, 1.165) is 35.6 Å². The highest BCUT2D eigenvalue weighted by Gasteiger charge is 2.25. The molecule has 0 amide bonds. The molecule has 4 rings (SSSR count). The van der Waals surface area contributed by atoms with Gasteiger partial charge in [0.15, 0.2) is 5.65 Å². The normalized spacial score (nSPS) is 21.4. The molecule has 0 bridgehead atoms. The number of piperidine rings is 1. The SMILES string of the molecule is CC1CC(C)CN(c2ncnc3c2cnn3-c2cccc(Cl)c2)C1. The first-order chi connectivity index (χ1) is 11.6. The number of aromatic nitrogens is 4. The molecule has 2 unspecified atom stereocenters. The summed E-state index contributed by atoms with van der Waals surface area (Å²) >= 11 is 6.12. The van der Waals surface area contributed by atoms with Gasteiger partial charge in [0.1, 0.15) is 12.1 Å². The standard InChI is InChI=1S/C18H20ClN5/c1-12-6-13(2)10-23(9-12)17-16-8-22-24(18(16)21-11-20-17)15-5-3-4-14(19)7-15/h3-5,7-8,11-13H,6,9-10H2,1-2H3. The van der Waals surface area contributed by atoms with Crippen LogP contribution in [0.5, 0.6) is 0 Å². The Balaban J connectivity index is 1.79. The maximum Gasteiger partial charge on any atom is 0.168 e. The number of anilines is 1. The minimum Gasteiger partial charge on any atom is -0.355 e. The smallest absolute Gasteiger partial charge is 0.168 e. The van der Waals surface area contributed by atoms with Crippen LogP contribution >= 0.6 is 11.6 Å². The lowest BCUT2D eigenvalue weighted by Crippen LogP contribution is -2.39. The highest BCUT2D eigenvalue weighted by Crippen LogP contribution is 2.30. The Morgan fingerprint density at radius 2 is 1.92 bits per heavy atom. The fraction of sp³-hybridized carbons (Fsp3) is 0.389. The van der Waals surface area contributed by atoms with Gasteiger partial charge in [0.05, 0.1) is 17.3 Å².